The van der Waals surface area contributed by atoms with Gasteiger partial charge in [0.05, 0.1) is 12.3 Å². The molecule has 21 heavy (non-hydrogen) atoms. The molecule has 114 valence electrons. The van der Waals surface area contributed by atoms with Gasteiger partial charge in [0.1, 0.15) is 5.84 Å². The number of hydrogen-bond acceptors (Lipinski definition) is 4. The predicted octanol–water partition coefficient (Wildman–Crippen LogP) is 2.23. The number of carbonyl (C=O) groups is 1. The molecule has 4 N–H and O–H groups in total. The van der Waals surface area contributed by atoms with Crippen molar-refractivity contribution < 1.29 is 9.90 Å². The molecule has 1 rings (SSSR count). The molecule has 0 saturated carbocycles. The van der Waals surface area contributed by atoms with Crippen molar-refractivity contribution in [1.82, 2.24) is 5.32 Å². The van der Waals surface area contributed by atoms with Crippen LogP contribution < -0.4 is 11.1 Å². The van der Waals surface area contributed by atoms with Crippen molar-refractivity contribution in [1.29, 1.82) is 0 Å². The summed E-state index contributed by atoms with van der Waals surface area (Å²) >= 11 is 0. The van der Waals surface area contributed by atoms with Gasteiger partial charge in [0.25, 0.3) is 0 Å². The van der Waals surface area contributed by atoms with Crippen LogP contribution in [0.2, 0.25) is 0 Å². The Kier molecular flexibility index (Phi) is 5.67. The molecule has 0 radical (unpaired) electrons. The van der Waals surface area contributed by atoms with E-state index in [1.807, 2.05) is 20.8 Å². The van der Waals surface area contributed by atoms with Crippen molar-refractivity contribution in [2.24, 2.45) is 16.1 Å². The minimum atomic E-state index is -0.210. The van der Waals surface area contributed by atoms with Crippen LogP contribution in [0.4, 0.5) is 5.69 Å². The highest BCUT2D eigenvalue weighted by Crippen LogP contribution is 2.21. The summed E-state index contributed by atoms with van der Waals surface area (Å²) in [7, 11) is 0. The van der Waals surface area contributed by atoms with Gasteiger partial charge >= 0.3 is 0 Å². The first-order valence-electron chi connectivity index (χ1n) is 6.76. The van der Waals surface area contributed by atoms with E-state index in [2.05, 4.69) is 10.3 Å². The zero-order valence-corrected chi connectivity index (χ0v) is 13.0. The minimum Gasteiger partial charge on any atom is -0.401 e. The van der Waals surface area contributed by atoms with Crippen LogP contribution in [0.15, 0.2) is 41.0 Å². The van der Waals surface area contributed by atoms with Gasteiger partial charge in [-0.3, -0.25) is 4.79 Å². The number of amidine groups is 1. The second-order valence-corrected chi connectivity index (χ2v) is 5.85. The maximum absolute atomic E-state index is 11.3. The van der Waals surface area contributed by atoms with E-state index < -0.39 is 0 Å². The fourth-order valence-electron chi connectivity index (χ4n) is 1.46. The average molecular weight is 289 g/mol. The van der Waals surface area contributed by atoms with Crippen molar-refractivity contribution >= 4 is 17.4 Å². The van der Waals surface area contributed by atoms with E-state index in [-0.39, 0.29) is 17.9 Å². The summed E-state index contributed by atoms with van der Waals surface area (Å²) in [6.45, 7) is 7.37. The lowest BCUT2D eigenvalue weighted by molar-refractivity contribution is -0.117. The summed E-state index contributed by atoms with van der Waals surface area (Å²) in [5, 5.41) is 11.7. The number of rotatable bonds is 3. The summed E-state index contributed by atoms with van der Waals surface area (Å²) in [6, 6.07) is 7.10. The molecule has 0 fully saturated rings. The number of aliphatic hydroxyl groups excluding tert-OH is 1. The minimum absolute atomic E-state index is 0.0145. The molecule has 0 aromatic heterocycles. The van der Waals surface area contributed by atoms with Gasteiger partial charge in [0, 0.05) is 24.1 Å². The number of amides is 1. The fraction of sp³-hybridized carbons (Fsp3) is 0.375. The standard InChI is InChI=1S/C16H23N3O2/c1-11(21)18-15(9-14(17)16(2,3)4)19-13-7-5-12(10-20)6-8-13/h5-9,20H,10,17H2,1-4H3,(H,18,19,21)/b14-9-. The lowest BCUT2D eigenvalue weighted by Crippen LogP contribution is -2.29. The fourth-order valence-corrected chi connectivity index (χ4v) is 1.46. The van der Waals surface area contributed by atoms with Crippen LogP contribution in [-0.4, -0.2) is 16.8 Å². The van der Waals surface area contributed by atoms with E-state index in [0.29, 0.717) is 17.2 Å². The maximum atomic E-state index is 11.3. The summed E-state index contributed by atoms with van der Waals surface area (Å²) in [5.74, 6) is 0.186. The SMILES string of the molecule is CC(=O)NC(/C=C(\N)C(C)(C)C)=Nc1ccc(CO)cc1. The molecule has 0 aliphatic carbocycles. The van der Waals surface area contributed by atoms with Gasteiger partial charge in [0.2, 0.25) is 5.91 Å². The van der Waals surface area contributed by atoms with Crippen molar-refractivity contribution in [3.63, 3.8) is 0 Å². The Labute approximate surface area is 125 Å². The number of allylic oxidation sites excluding steroid dienone is 1. The van der Waals surface area contributed by atoms with Crippen LogP contribution in [-0.2, 0) is 11.4 Å². The lowest BCUT2D eigenvalue weighted by atomic mass is 9.92. The molecule has 0 aliphatic rings. The van der Waals surface area contributed by atoms with Gasteiger partial charge in [-0.05, 0) is 17.7 Å². The zero-order valence-electron chi connectivity index (χ0n) is 13.0. The van der Waals surface area contributed by atoms with E-state index in [9.17, 15) is 4.79 Å². The molecular weight excluding hydrogens is 266 g/mol. The van der Waals surface area contributed by atoms with Crippen LogP contribution in [0.5, 0.6) is 0 Å². The van der Waals surface area contributed by atoms with E-state index in [1.165, 1.54) is 6.92 Å². The van der Waals surface area contributed by atoms with Gasteiger partial charge in [-0.15, -0.1) is 0 Å². The Bertz CT molecular complexity index is 552. The normalized spacial score (nSPS) is 13.2. The summed E-state index contributed by atoms with van der Waals surface area (Å²) in [5.41, 5.74) is 7.92. The Hall–Kier alpha value is -2.14. The van der Waals surface area contributed by atoms with Gasteiger partial charge in [-0.25, -0.2) is 4.99 Å². The average Bonchev–Trinajstić information content (AvgIpc) is 2.37. The second kappa shape index (κ2) is 7.04. The first-order chi connectivity index (χ1) is 9.72. The Morgan fingerprint density at radius 2 is 1.90 bits per heavy atom. The summed E-state index contributed by atoms with van der Waals surface area (Å²) in [6.07, 6.45) is 1.67. The predicted molar refractivity (Wildman–Crippen MR) is 85.0 cm³/mol. The van der Waals surface area contributed by atoms with Crippen molar-refractivity contribution in [3.8, 4) is 0 Å². The first kappa shape index (κ1) is 16.9. The van der Waals surface area contributed by atoms with Crippen molar-refractivity contribution in [2.45, 2.75) is 34.3 Å². The molecule has 0 saturated heterocycles. The maximum Gasteiger partial charge on any atom is 0.222 e. The lowest BCUT2D eigenvalue weighted by Gasteiger charge is -2.19. The van der Waals surface area contributed by atoms with Crippen LogP contribution in [0.25, 0.3) is 0 Å². The van der Waals surface area contributed by atoms with Gasteiger partial charge in [0.15, 0.2) is 0 Å². The molecule has 5 nitrogen and oxygen atoms in total. The number of hydrogen-bond donors (Lipinski definition) is 3. The second-order valence-electron chi connectivity index (χ2n) is 5.85. The van der Waals surface area contributed by atoms with Crippen LogP contribution >= 0.6 is 0 Å². The van der Waals surface area contributed by atoms with Gasteiger partial charge in [-0.2, -0.15) is 0 Å². The van der Waals surface area contributed by atoms with Crippen LogP contribution in [0.1, 0.15) is 33.3 Å². The highest BCUT2D eigenvalue weighted by molar-refractivity contribution is 6.05. The number of aliphatic imine (C=N–C) groups is 1. The molecule has 0 bridgehead atoms. The third kappa shape index (κ3) is 5.79. The Morgan fingerprint density at radius 1 is 1.33 bits per heavy atom. The van der Waals surface area contributed by atoms with E-state index in [4.69, 9.17) is 10.8 Å². The smallest absolute Gasteiger partial charge is 0.222 e. The molecule has 1 aromatic carbocycles. The molecule has 0 spiro atoms. The van der Waals surface area contributed by atoms with Crippen molar-refractivity contribution in [2.75, 3.05) is 0 Å². The molecule has 1 aromatic rings. The highest BCUT2D eigenvalue weighted by Gasteiger charge is 2.14. The van der Waals surface area contributed by atoms with E-state index in [0.717, 1.165) is 5.56 Å². The van der Waals surface area contributed by atoms with Crippen molar-refractivity contribution in [3.05, 3.63) is 41.6 Å². The quantitative estimate of drug-likeness (QED) is 0.589. The largest absolute Gasteiger partial charge is 0.401 e. The van der Waals surface area contributed by atoms with Crippen LogP contribution in [0, 0.1) is 5.41 Å². The first-order valence-corrected chi connectivity index (χ1v) is 6.76. The number of nitrogens with one attached hydrogen (secondary N) is 1. The molecule has 0 heterocycles. The number of nitrogens with two attached hydrogens (primary N) is 1. The molecule has 0 unspecified atom stereocenters. The molecule has 5 heteroatoms. The number of nitrogens with zero attached hydrogens (tertiary/aromatic N) is 1. The van der Waals surface area contributed by atoms with E-state index >= 15 is 0 Å². The van der Waals surface area contributed by atoms with Crippen LogP contribution in [0.3, 0.4) is 0 Å². The number of carbonyl (C=O) groups excluding carboxylic acids is 1. The Balaban J connectivity index is 3.11. The molecular formula is C16H23N3O2. The monoisotopic (exact) mass is 289 g/mol. The zero-order chi connectivity index (χ0) is 16.0. The Morgan fingerprint density at radius 3 is 2.33 bits per heavy atom. The van der Waals surface area contributed by atoms with E-state index in [1.54, 1.807) is 30.3 Å². The summed E-state index contributed by atoms with van der Waals surface area (Å²) < 4.78 is 0. The van der Waals surface area contributed by atoms with Gasteiger partial charge in [-0.1, -0.05) is 32.9 Å². The number of aliphatic hydroxyl groups is 1. The topological polar surface area (TPSA) is 87.7 Å². The van der Waals surface area contributed by atoms with Gasteiger partial charge < -0.3 is 16.2 Å². The molecule has 0 aliphatic heterocycles. The molecule has 1 amide bonds. The number of benzene rings is 1. The highest BCUT2D eigenvalue weighted by atomic mass is 16.3. The third-order valence-corrected chi connectivity index (χ3v) is 2.83. The molecule has 0 atom stereocenters. The summed E-state index contributed by atoms with van der Waals surface area (Å²) in [4.78, 5) is 15.7. The third-order valence-electron chi connectivity index (χ3n) is 2.83.